The Morgan fingerprint density at radius 3 is 2.67 bits per heavy atom. The van der Waals surface area contributed by atoms with Gasteiger partial charge in [-0.1, -0.05) is 0 Å². The van der Waals surface area contributed by atoms with Crippen LogP contribution in [0, 0.1) is 6.92 Å². The number of carbonyl (C=O) groups is 1. The van der Waals surface area contributed by atoms with Crippen LogP contribution in [0.25, 0.3) is 0 Å². The number of hydrogen-bond acceptors (Lipinski definition) is 3. The van der Waals surface area contributed by atoms with Crippen LogP contribution in [0.15, 0.2) is 10.5 Å². The van der Waals surface area contributed by atoms with Crippen LogP contribution < -0.4 is 4.74 Å². The molecule has 0 radical (unpaired) electrons. The molecule has 0 saturated heterocycles. The first-order valence-electron chi connectivity index (χ1n) is 4.51. The summed E-state index contributed by atoms with van der Waals surface area (Å²) in [6.45, 7) is 3.34. The number of Topliss-reactive ketones (excluding diaryl/α,β-unsaturated/α-hetero) is 1. The minimum absolute atomic E-state index is 0.0118. The van der Waals surface area contributed by atoms with Gasteiger partial charge in [0.05, 0.1) is 11.6 Å². The quantitative estimate of drug-likeness (QED) is 0.920. The van der Waals surface area contributed by atoms with E-state index in [1.807, 2.05) is 13.0 Å². The van der Waals surface area contributed by atoms with Crippen molar-refractivity contribution >= 4 is 21.7 Å². The lowest BCUT2D eigenvalue weighted by atomic mass is 10.0. The van der Waals surface area contributed by atoms with Crippen molar-refractivity contribution in [1.82, 2.24) is 0 Å². The van der Waals surface area contributed by atoms with Crippen LogP contribution in [0.4, 0.5) is 0 Å². The Bertz CT molecular complexity index is 399. The fourth-order valence-electron chi connectivity index (χ4n) is 1.45. The molecule has 3 nitrogen and oxygen atoms in total. The molecule has 0 atom stereocenters. The number of aryl methyl sites for hydroxylation is 1. The van der Waals surface area contributed by atoms with E-state index in [1.165, 1.54) is 14.0 Å². The van der Waals surface area contributed by atoms with Crippen molar-refractivity contribution in [1.29, 1.82) is 0 Å². The van der Waals surface area contributed by atoms with E-state index in [-0.39, 0.29) is 18.0 Å². The topological polar surface area (TPSA) is 46.5 Å². The third kappa shape index (κ3) is 2.50. The number of ether oxygens (including phenoxy) is 1. The normalized spacial score (nSPS) is 10.1. The second-order valence-electron chi connectivity index (χ2n) is 3.41. The fourth-order valence-corrected chi connectivity index (χ4v) is 2.14. The van der Waals surface area contributed by atoms with Gasteiger partial charge in [0.15, 0.2) is 11.5 Å². The fraction of sp³-hybridized carbons (Fsp3) is 0.364. The molecule has 0 aliphatic heterocycles. The molecule has 0 aromatic heterocycles. The van der Waals surface area contributed by atoms with Gasteiger partial charge in [0.1, 0.15) is 5.78 Å². The van der Waals surface area contributed by atoms with Crippen LogP contribution >= 0.6 is 15.9 Å². The van der Waals surface area contributed by atoms with Gasteiger partial charge in [0.2, 0.25) is 0 Å². The van der Waals surface area contributed by atoms with Crippen molar-refractivity contribution in [3.05, 3.63) is 21.7 Å². The van der Waals surface area contributed by atoms with E-state index in [9.17, 15) is 9.90 Å². The minimum atomic E-state index is 0.0118. The Morgan fingerprint density at radius 2 is 2.20 bits per heavy atom. The number of benzene rings is 1. The molecule has 0 bridgehead atoms. The van der Waals surface area contributed by atoms with Crippen LogP contribution in [-0.2, 0) is 11.2 Å². The zero-order chi connectivity index (χ0) is 11.6. The van der Waals surface area contributed by atoms with Crippen LogP contribution in [0.1, 0.15) is 18.1 Å². The van der Waals surface area contributed by atoms with Crippen molar-refractivity contribution in [2.75, 3.05) is 7.11 Å². The number of phenolic OH excluding ortho intramolecular Hbond substituents is 1. The molecule has 0 unspecified atom stereocenters. The molecular weight excluding hydrogens is 260 g/mol. The number of phenols is 1. The summed E-state index contributed by atoms with van der Waals surface area (Å²) in [7, 11) is 1.48. The molecular formula is C11H13BrO3. The van der Waals surface area contributed by atoms with E-state index >= 15 is 0 Å². The molecule has 4 heteroatoms. The number of carbonyl (C=O) groups excluding carboxylic acids is 1. The van der Waals surface area contributed by atoms with Gasteiger partial charge in [-0.25, -0.2) is 0 Å². The van der Waals surface area contributed by atoms with Crippen LogP contribution in [0.2, 0.25) is 0 Å². The Balaban J connectivity index is 3.32. The molecule has 82 valence electrons. The molecule has 0 fully saturated rings. The third-order valence-electron chi connectivity index (χ3n) is 2.17. The molecule has 0 amide bonds. The predicted octanol–water partition coefficient (Wildman–Crippen LogP) is 2.60. The Morgan fingerprint density at radius 1 is 1.60 bits per heavy atom. The SMILES string of the molecule is COc1c(Br)cc(C)c(CC(C)=O)c1O. The molecule has 1 N–H and O–H groups in total. The van der Waals surface area contributed by atoms with E-state index in [0.29, 0.717) is 15.8 Å². The summed E-state index contributed by atoms with van der Waals surface area (Å²) in [5.41, 5.74) is 1.50. The summed E-state index contributed by atoms with van der Waals surface area (Å²) in [6.07, 6.45) is 0.224. The number of methoxy groups -OCH3 is 1. The Kier molecular flexibility index (Phi) is 3.74. The van der Waals surface area contributed by atoms with Gasteiger partial charge in [-0.05, 0) is 41.4 Å². The molecule has 0 spiro atoms. The van der Waals surface area contributed by atoms with Gasteiger partial charge in [0, 0.05) is 12.0 Å². The van der Waals surface area contributed by atoms with E-state index in [1.54, 1.807) is 0 Å². The van der Waals surface area contributed by atoms with Crippen LogP contribution in [-0.4, -0.2) is 18.0 Å². The molecule has 1 rings (SSSR count). The highest BCUT2D eigenvalue weighted by molar-refractivity contribution is 9.10. The Hall–Kier alpha value is -1.03. The second-order valence-corrected chi connectivity index (χ2v) is 4.27. The zero-order valence-corrected chi connectivity index (χ0v) is 10.5. The van der Waals surface area contributed by atoms with Gasteiger partial charge in [0.25, 0.3) is 0 Å². The maximum atomic E-state index is 11.0. The standard InChI is InChI=1S/C11H13BrO3/c1-6-4-9(12)11(15-3)10(14)8(6)5-7(2)13/h4,14H,5H2,1-3H3. The summed E-state index contributed by atoms with van der Waals surface area (Å²) in [4.78, 5) is 11.0. The number of rotatable bonds is 3. The molecule has 0 heterocycles. The molecule has 0 aliphatic carbocycles. The average Bonchev–Trinajstić information content (AvgIpc) is 2.12. The number of ketones is 1. The highest BCUT2D eigenvalue weighted by Gasteiger charge is 2.15. The van der Waals surface area contributed by atoms with Crippen molar-refractivity contribution in [3.63, 3.8) is 0 Å². The lowest BCUT2D eigenvalue weighted by molar-refractivity contribution is -0.116. The van der Waals surface area contributed by atoms with Crippen LogP contribution in [0.5, 0.6) is 11.5 Å². The summed E-state index contributed by atoms with van der Waals surface area (Å²) in [5, 5.41) is 9.89. The van der Waals surface area contributed by atoms with Crippen molar-refractivity contribution in [2.24, 2.45) is 0 Å². The third-order valence-corrected chi connectivity index (χ3v) is 2.76. The maximum absolute atomic E-state index is 11.0. The monoisotopic (exact) mass is 272 g/mol. The lowest BCUT2D eigenvalue weighted by Crippen LogP contribution is -2.01. The first-order valence-corrected chi connectivity index (χ1v) is 5.31. The average molecular weight is 273 g/mol. The second kappa shape index (κ2) is 4.66. The predicted molar refractivity (Wildman–Crippen MR) is 61.5 cm³/mol. The van der Waals surface area contributed by atoms with Gasteiger partial charge in [-0.15, -0.1) is 0 Å². The summed E-state index contributed by atoms with van der Waals surface area (Å²) < 4.78 is 5.73. The van der Waals surface area contributed by atoms with Gasteiger partial charge in [-0.3, -0.25) is 4.79 Å². The number of aromatic hydroxyl groups is 1. The highest BCUT2D eigenvalue weighted by atomic mass is 79.9. The molecule has 0 saturated carbocycles. The molecule has 1 aromatic rings. The molecule has 1 aromatic carbocycles. The molecule has 0 aliphatic rings. The lowest BCUT2D eigenvalue weighted by Gasteiger charge is -2.12. The smallest absolute Gasteiger partial charge is 0.174 e. The van der Waals surface area contributed by atoms with Gasteiger partial charge >= 0.3 is 0 Å². The van der Waals surface area contributed by atoms with Crippen molar-refractivity contribution in [2.45, 2.75) is 20.3 Å². The van der Waals surface area contributed by atoms with Gasteiger partial charge < -0.3 is 9.84 Å². The molecule has 15 heavy (non-hydrogen) atoms. The van der Waals surface area contributed by atoms with E-state index in [4.69, 9.17) is 4.74 Å². The van der Waals surface area contributed by atoms with Crippen LogP contribution in [0.3, 0.4) is 0 Å². The van der Waals surface area contributed by atoms with Gasteiger partial charge in [-0.2, -0.15) is 0 Å². The summed E-state index contributed by atoms with van der Waals surface area (Å²) >= 11 is 3.29. The van der Waals surface area contributed by atoms with E-state index < -0.39 is 0 Å². The first kappa shape index (κ1) is 12.0. The maximum Gasteiger partial charge on any atom is 0.174 e. The van der Waals surface area contributed by atoms with E-state index in [2.05, 4.69) is 15.9 Å². The minimum Gasteiger partial charge on any atom is -0.504 e. The summed E-state index contributed by atoms with van der Waals surface area (Å²) in [6, 6.07) is 1.83. The van der Waals surface area contributed by atoms with Crippen molar-refractivity contribution in [3.8, 4) is 11.5 Å². The Labute approximate surface area is 97.2 Å². The number of hydrogen-bond donors (Lipinski definition) is 1. The zero-order valence-electron chi connectivity index (χ0n) is 8.93. The largest absolute Gasteiger partial charge is 0.504 e. The first-order chi connectivity index (χ1) is 6.97. The van der Waals surface area contributed by atoms with E-state index in [0.717, 1.165) is 5.56 Å². The number of halogens is 1. The summed E-state index contributed by atoms with van der Waals surface area (Å²) in [5.74, 6) is 0.425. The highest BCUT2D eigenvalue weighted by Crippen LogP contribution is 2.39. The van der Waals surface area contributed by atoms with Crippen molar-refractivity contribution < 1.29 is 14.6 Å².